The molecule has 3 rings (SSSR count). The predicted octanol–water partition coefficient (Wildman–Crippen LogP) is 4.96. The van der Waals surface area contributed by atoms with Crippen LogP contribution in [-0.2, 0) is 0 Å². The minimum absolute atomic E-state index is 0.104. The molecule has 2 aromatic carbocycles. The van der Waals surface area contributed by atoms with E-state index in [0.29, 0.717) is 11.5 Å². The Balaban J connectivity index is 1.89. The maximum Gasteiger partial charge on any atom is 0.271 e. The summed E-state index contributed by atoms with van der Waals surface area (Å²) >= 11 is 0. The Morgan fingerprint density at radius 3 is 2.69 bits per heavy atom. The zero-order chi connectivity index (χ0) is 21.0. The Morgan fingerprint density at radius 2 is 2.03 bits per heavy atom. The fraction of sp³-hybridized carbons (Fsp3) is 0.417. The van der Waals surface area contributed by atoms with Gasteiger partial charge in [-0.2, -0.15) is 5.10 Å². The van der Waals surface area contributed by atoms with Crippen molar-refractivity contribution < 1.29 is 9.53 Å². The number of hydrazone groups is 1. The van der Waals surface area contributed by atoms with Crippen LogP contribution in [0.1, 0.15) is 67.9 Å². The first-order chi connectivity index (χ1) is 13.9. The minimum Gasteiger partial charge on any atom is -0.496 e. The lowest BCUT2D eigenvalue weighted by Gasteiger charge is -2.47. The van der Waals surface area contributed by atoms with Crippen LogP contribution in [0, 0.1) is 0 Å². The van der Waals surface area contributed by atoms with Crippen LogP contribution >= 0.6 is 0 Å². The fourth-order valence-corrected chi connectivity index (χ4v) is 4.27. The second-order valence-electron chi connectivity index (χ2n) is 8.29. The van der Waals surface area contributed by atoms with Gasteiger partial charge in [0, 0.05) is 35.0 Å². The Bertz CT molecular complexity index is 890. The zero-order valence-corrected chi connectivity index (χ0v) is 18.0. The van der Waals surface area contributed by atoms with Crippen molar-refractivity contribution in [3.8, 4) is 5.75 Å². The van der Waals surface area contributed by atoms with Crippen LogP contribution in [0.2, 0.25) is 0 Å². The molecule has 0 fully saturated rings. The SMILES string of the molecule is CCCN1c2cc(OC)c(/C=N\NC(=O)c3ccccc3)cc2C(C)CC1(C)C. The molecule has 1 unspecified atom stereocenters. The highest BCUT2D eigenvalue weighted by Crippen LogP contribution is 2.45. The summed E-state index contributed by atoms with van der Waals surface area (Å²) in [7, 11) is 1.67. The zero-order valence-electron chi connectivity index (χ0n) is 18.0. The first-order valence-electron chi connectivity index (χ1n) is 10.3. The van der Waals surface area contributed by atoms with E-state index in [1.54, 1.807) is 25.5 Å². The van der Waals surface area contributed by atoms with Crippen molar-refractivity contribution in [3.63, 3.8) is 0 Å². The van der Waals surface area contributed by atoms with Gasteiger partial charge >= 0.3 is 0 Å². The average Bonchev–Trinajstić information content (AvgIpc) is 2.71. The summed E-state index contributed by atoms with van der Waals surface area (Å²) in [5, 5.41) is 4.17. The number of anilines is 1. The molecule has 0 spiro atoms. The van der Waals surface area contributed by atoms with Gasteiger partial charge in [-0.1, -0.05) is 32.0 Å². The summed E-state index contributed by atoms with van der Waals surface area (Å²) < 4.78 is 5.65. The number of nitrogens with one attached hydrogen (secondary N) is 1. The summed E-state index contributed by atoms with van der Waals surface area (Å²) in [6, 6.07) is 13.3. The number of carbonyl (C=O) groups excluding carboxylic acids is 1. The summed E-state index contributed by atoms with van der Waals surface area (Å²) in [4.78, 5) is 14.7. The maximum absolute atomic E-state index is 12.2. The number of rotatable bonds is 6. The van der Waals surface area contributed by atoms with Crippen LogP contribution in [0.5, 0.6) is 5.75 Å². The number of ether oxygens (including phenoxy) is 1. The number of amides is 1. The molecule has 1 N–H and O–H groups in total. The number of hydrogen-bond acceptors (Lipinski definition) is 4. The third-order valence-corrected chi connectivity index (χ3v) is 5.59. The lowest BCUT2D eigenvalue weighted by molar-refractivity contribution is 0.0955. The Morgan fingerprint density at radius 1 is 1.31 bits per heavy atom. The van der Waals surface area contributed by atoms with Crippen molar-refractivity contribution >= 4 is 17.8 Å². The van der Waals surface area contributed by atoms with Crippen LogP contribution in [0.15, 0.2) is 47.6 Å². The van der Waals surface area contributed by atoms with E-state index in [1.807, 2.05) is 18.2 Å². The summed E-state index contributed by atoms with van der Waals surface area (Å²) in [6.45, 7) is 10.1. The number of benzene rings is 2. The monoisotopic (exact) mass is 393 g/mol. The lowest BCUT2D eigenvalue weighted by atomic mass is 9.79. The van der Waals surface area contributed by atoms with Crippen molar-refractivity contribution in [1.82, 2.24) is 5.43 Å². The van der Waals surface area contributed by atoms with Crippen LogP contribution in [0.3, 0.4) is 0 Å². The molecule has 5 heteroatoms. The summed E-state index contributed by atoms with van der Waals surface area (Å²) in [6.07, 6.45) is 3.85. The standard InChI is InChI=1S/C24H31N3O2/c1-6-12-27-21-14-22(29-5)19(13-20(21)17(2)15-24(27,3)4)16-25-26-23(28)18-10-8-7-9-11-18/h7-11,13-14,16-17H,6,12,15H2,1-5H3,(H,26,28)/b25-16-. The van der Waals surface area contributed by atoms with Gasteiger partial charge < -0.3 is 9.64 Å². The van der Waals surface area contributed by atoms with Gasteiger partial charge in [-0.3, -0.25) is 4.79 Å². The molecule has 0 saturated heterocycles. The Labute approximate surface area is 173 Å². The number of fused-ring (bicyclic) bond motifs is 1. The van der Waals surface area contributed by atoms with Gasteiger partial charge in [0.15, 0.2) is 0 Å². The van der Waals surface area contributed by atoms with Gasteiger partial charge in [0.05, 0.1) is 13.3 Å². The second kappa shape index (κ2) is 8.68. The number of nitrogens with zero attached hydrogens (tertiary/aromatic N) is 2. The number of methoxy groups -OCH3 is 1. The highest BCUT2D eigenvalue weighted by Gasteiger charge is 2.36. The largest absolute Gasteiger partial charge is 0.496 e. The topological polar surface area (TPSA) is 53.9 Å². The molecular weight excluding hydrogens is 362 g/mol. The molecule has 1 amide bonds. The molecule has 1 atom stereocenters. The van der Waals surface area contributed by atoms with Crippen molar-refractivity contribution in [1.29, 1.82) is 0 Å². The van der Waals surface area contributed by atoms with Gasteiger partial charge in [0.2, 0.25) is 0 Å². The summed E-state index contributed by atoms with van der Waals surface area (Å²) in [5.41, 5.74) is 6.68. The van der Waals surface area contributed by atoms with Crippen LogP contribution in [-0.4, -0.2) is 31.3 Å². The smallest absolute Gasteiger partial charge is 0.271 e. The molecule has 29 heavy (non-hydrogen) atoms. The molecular formula is C24H31N3O2. The first-order valence-corrected chi connectivity index (χ1v) is 10.3. The number of hydrogen-bond donors (Lipinski definition) is 1. The Kier molecular flexibility index (Phi) is 6.26. The van der Waals surface area contributed by atoms with Crippen molar-refractivity contribution in [3.05, 3.63) is 59.2 Å². The van der Waals surface area contributed by atoms with E-state index < -0.39 is 0 Å². The van der Waals surface area contributed by atoms with E-state index in [4.69, 9.17) is 4.74 Å². The van der Waals surface area contributed by atoms with E-state index in [2.05, 4.69) is 55.3 Å². The van der Waals surface area contributed by atoms with E-state index in [0.717, 1.165) is 30.7 Å². The molecule has 1 aliphatic heterocycles. The maximum atomic E-state index is 12.2. The van der Waals surface area contributed by atoms with Crippen molar-refractivity contribution in [2.45, 2.75) is 52.0 Å². The van der Waals surface area contributed by atoms with E-state index in [1.165, 1.54) is 11.3 Å². The molecule has 1 heterocycles. The third kappa shape index (κ3) is 4.44. The molecule has 1 aliphatic rings. The lowest BCUT2D eigenvalue weighted by Crippen LogP contribution is -2.48. The van der Waals surface area contributed by atoms with Gasteiger partial charge in [-0.25, -0.2) is 5.43 Å². The van der Waals surface area contributed by atoms with Gasteiger partial charge in [-0.15, -0.1) is 0 Å². The van der Waals surface area contributed by atoms with Crippen LogP contribution in [0.25, 0.3) is 0 Å². The first kappa shape index (κ1) is 20.9. The van der Waals surface area contributed by atoms with Crippen molar-refractivity contribution in [2.24, 2.45) is 5.10 Å². The molecule has 5 nitrogen and oxygen atoms in total. The minimum atomic E-state index is -0.233. The van der Waals surface area contributed by atoms with Gasteiger partial charge in [0.1, 0.15) is 5.75 Å². The molecule has 0 radical (unpaired) electrons. The second-order valence-corrected chi connectivity index (χ2v) is 8.29. The molecule has 154 valence electrons. The quantitative estimate of drug-likeness (QED) is 0.557. The Hall–Kier alpha value is -2.82. The molecule has 0 aliphatic carbocycles. The molecule has 0 saturated carbocycles. The molecule has 0 bridgehead atoms. The van der Waals surface area contributed by atoms with Gasteiger partial charge in [0.25, 0.3) is 5.91 Å². The molecule has 0 aromatic heterocycles. The normalized spacial score (nSPS) is 17.8. The highest BCUT2D eigenvalue weighted by molar-refractivity contribution is 5.95. The van der Waals surface area contributed by atoms with E-state index in [9.17, 15) is 4.79 Å². The average molecular weight is 394 g/mol. The fourth-order valence-electron chi connectivity index (χ4n) is 4.27. The third-order valence-electron chi connectivity index (χ3n) is 5.59. The van der Waals surface area contributed by atoms with E-state index >= 15 is 0 Å². The summed E-state index contributed by atoms with van der Waals surface area (Å²) in [5.74, 6) is 0.959. The van der Waals surface area contributed by atoms with Crippen LogP contribution in [0.4, 0.5) is 5.69 Å². The highest BCUT2D eigenvalue weighted by atomic mass is 16.5. The van der Waals surface area contributed by atoms with Gasteiger partial charge in [-0.05, 0) is 56.4 Å². The van der Waals surface area contributed by atoms with E-state index in [-0.39, 0.29) is 11.4 Å². The molecule has 2 aromatic rings. The number of carbonyl (C=O) groups is 1. The predicted molar refractivity (Wildman–Crippen MR) is 119 cm³/mol. The van der Waals surface area contributed by atoms with Crippen LogP contribution < -0.4 is 15.1 Å². The van der Waals surface area contributed by atoms with Crippen molar-refractivity contribution in [2.75, 3.05) is 18.6 Å².